The van der Waals surface area contributed by atoms with Gasteiger partial charge in [0.25, 0.3) is 0 Å². The highest BCUT2D eigenvalue weighted by Crippen LogP contribution is 2.33. The third kappa shape index (κ3) is 4.63. The number of aromatic nitrogens is 3. The van der Waals surface area contributed by atoms with Gasteiger partial charge in [-0.1, -0.05) is 58.0 Å². The van der Waals surface area contributed by atoms with E-state index < -0.39 is 0 Å². The Hall–Kier alpha value is -3.71. The molecule has 2 aromatic carbocycles. The molecule has 2 heterocycles. The highest BCUT2D eigenvalue weighted by atomic mass is 15.5. The predicted octanol–water partition coefficient (Wildman–Crippen LogP) is 4.54. The van der Waals surface area contributed by atoms with Crippen LogP contribution in [0.1, 0.15) is 44.7 Å². The lowest BCUT2D eigenvalue weighted by molar-refractivity contribution is 0.768. The molecule has 0 radical (unpaired) electrons. The number of nitrogens with zero attached hydrogens (tertiary/aromatic N) is 4. The number of hydrazine groups is 1. The van der Waals surface area contributed by atoms with E-state index in [2.05, 4.69) is 64.9 Å². The number of amidine groups is 1. The molecule has 7 nitrogen and oxygen atoms in total. The first-order valence-electron chi connectivity index (χ1n) is 10.8. The van der Waals surface area contributed by atoms with E-state index in [-0.39, 0.29) is 5.92 Å². The number of fused-ring (bicyclic) bond motifs is 1. The lowest BCUT2D eigenvalue weighted by atomic mass is 9.91. The number of rotatable bonds is 5. The Morgan fingerprint density at radius 3 is 2.44 bits per heavy atom. The summed E-state index contributed by atoms with van der Waals surface area (Å²) in [5, 5.41) is 9.30. The van der Waals surface area contributed by atoms with Gasteiger partial charge in [-0.2, -0.15) is 5.10 Å². The number of hydrazone groups is 1. The van der Waals surface area contributed by atoms with E-state index in [4.69, 9.17) is 11.6 Å². The lowest BCUT2D eigenvalue weighted by Gasteiger charge is -2.15. The summed E-state index contributed by atoms with van der Waals surface area (Å²) in [6, 6.07) is 14.6. The molecule has 2 aromatic heterocycles. The first kappa shape index (κ1) is 23.0. The van der Waals surface area contributed by atoms with Crippen molar-refractivity contribution in [1.29, 1.82) is 0 Å². The standard InChI is InChI=1S/C23H25N7.C2H6/c1-14(2)21-10-16(5-7-20(21)23(24)28-29-25)18-8-9-26-22-11-15(4-6-19(18)22)17-12-27-30(3)13-17;1-2/h4-14,29H,25H2,1-3H3,(H2,24,28);1-2H3. The summed E-state index contributed by atoms with van der Waals surface area (Å²) in [6.07, 6.45) is 5.71. The summed E-state index contributed by atoms with van der Waals surface area (Å²) in [5.74, 6) is 5.95. The molecule has 0 aliphatic heterocycles. The van der Waals surface area contributed by atoms with Gasteiger partial charge in [-0.25, -0.2) is 11.4 Å². The van der Waals surface area contributed by atoms with E-state index in [1.54, 1.807) is 4.68 Å². The van der Waals surface area contributed by atoms with Gasteiger partial charge in [-0.15, -0.1) is 5.10 Å². The molecule has 0 saturated carbocycles. The van der Waals surface area contributed by atoms with Crippen molar-refractivity contribution >= 4 is 16.7 Å². The fourth-order valence-electron chi connectivity index (χ4n) is 3.72. The fourth-order valence-corrected chi connectivity index (χ4v) is 3.72. The number of aryl methyl sites for hydroxylation is 1. The molecule has 0 atom stereocenters. The second-order valence-electron chi connectivity index (χ2n) is 7.58. The zero-order valence-electron chi connectivity index (χ0n) is 19.3. The van der Waals surface area contributed by atoms with Crippen LogP contribution < -0.4 is 17.1 Å². The first-order chi connectivity index (χ1) is 15.5. The van der Waals surface area contributed by atoms with Gasteiger partial charge in [-0.05, 0) is 40.3 Å². The summed E-state index contributed by atoms with van der Waals surface area (Å²) < 4.78 is 1.80. The molecule has 4 aromatic rings. The maximum absolute atomic E-state index is 6.09. The number of nitrogens with one attached hydrogen (secondary N) is 1. The number of nitrogens with two attached hydrogens (primary N) is 2. The Kier molecular flexibility index (Phi) is 7.22. The average Bonchev–Trinajstić information content (AvgIpc) is 3.25. The van der Waals surface area contributed by atoms with Crippen molar-refractivity contribution in [2.24, 2.45) is 23.7 Å². The van der Waals surface area contributed by atoms with Crippen LogP contribution in [0.5, 0.6) is 0 Å². The molecule has 5 N–H and O–H groups in total. The summed E-state index contributed by atoms with van der Waals surface area (Å²) in [6.45, 7) is 8.27. The van der Waals surface area contributed by atoms with Crippen molar-refractivity contribution in [3.05, 3.63) is 72.2 Å². The number of hydrogen-bond donors (Lipinski definition) is 3. The highest BCUT2D eigenvalue weighted by molar-refractivity contribution is 6.01. The van der Waals surface area contributed by atoms with Gasteiger partial charge in [0.1, 0.15) is 0 Å². The van der Waals surface area contributed by atoms with Gasteiger partial charge >= 0.3 is 0 Å². The van der Waals surface area contributed by atoms with Gasteiger partial charge in [0.15, 0.2) is 5.84 Å². The third-order valence-corrected chi connectivity index (χ3v) is 5.23. The van der Waals surface area contributed by atoms with E-state index in [9.17, 15) is 0 Å². The van der Waals surface area contributed by atoms with Crippen molar-refractivity contribution < 1.29 is 0 Å². The van der Waals surface area contributed by atoms with Crippen LogP contribution in [-0.2, 0) is 7.05 Å². The predicted molar refractivity (Wildman–Crippen MR) is 133 cm³/mol. The summed E-state index contributed by atoms with van der Waals surface area (Å²) >= 11 is 0. The van der Waals surface area contributed by atoms with Crippen molar-refractivity contribution in [2.45, 2.75) is 33.6 Å². The van der Waals surface area contributed by atoms with Crippen LogP contribution in [0.15, 0.2) is 66.2 Å². The molecule has 0 aliphatic rings. The minimum absolute atomic E-state index is 0.275. The second kappa shape index (κ2) is 10.1. The Labute approximate surface area is 189 Å². The molecule has 0 saturated heterocycles. The number of hydrogen-bond acceptors (Lipinski definition) is 5. The molecular formula is C25H31N7. The zero-order valence-corrected chi connectivity index (χ0v) is 19.3. The van der Waals surface area contributed by atoms with Crippen LogP contribution in [0.25, 0.3) is 33.2 Å². The molecule has 0 amide bonds. The van der Waals surface area contributed by atoms with E-state index in [1.165, 1.54) is 0 Å². The SMILES string of the molecule is CC.CC(C)c1cc(-c2ccnc3cc(-c4cnn(C)c4)ccc23)ccc1/C(N)=N/NN. The van der Waals surface area contributed by atoms with Crippen molar-refractivity contribution in [2.75, 3.05) is 0 Å². The molecule has 0 spiro atoms. The summed E-state index contributed by atoms with van der Waals surface area (Å²) in [4.78, 5) is 4.60. The number of benzene rings is 2. The molecule has 0 bridgehead atoms. The smallest absolute Gasteiger partial charge is 0.152 e. The Morgan fingerprint density at radius 2 is 1.78 bits per heavy atom. The molecule has 0 aliphatic carbocycles. The topological polar surface area (TPSA) is 107 Å². The Bertz CT molecular complexity index is 1240. The lowest BCUT2D eigenvalue weighted by Crippen LogP contribution is -2.24. The van der Waals surface area contributed by atoms with Crippen molar-refractivity contribution in [3.8, 4) is 22.3 Å². The van der Waals surface area contributed by atoms with Crippen molar-refractivity contribution in [1.82, 2.24) is 20.3 Å². The first-order valence-corrected chi connectivity index (χ1v) is 10.8. The Balaban J connectivity index is 0.00000141. The van der Waals surface area contributed by atoms with Crippen LogP contribution in [0, 0.1) is 0 Å². The minimum Gasteiger partial charge on any atom is -0.382 e. The summed E-state index contributed by atoms with van der Waals surface area (Å²) in [7, 11) is 1.91. The van der Waals surface area contributed by atoms with Gasteiger partial charge in [0.2, 0.25) is 0 Å². The second-order valence-corrected chi connectivity index (χ2v) is 7.58. The average molecular weight is 430 g/mol. The summed E-state index contributed by atoms with van der Waals surface area (Å²) in [5.41, 5.74) is 15.7. The Morgan fingerprint density at radius 1 is 1.03 bits per heavy atom. The molecule has 7 heteroatoms. The molecule has 4 rings (SSSR count). The van der Waals surface area contributed by atoms with Crippen molar-refractivity contribution in [3.63, 3.8) is 0 Å². The fraction of sp³-hybridized carbons (Fsp3) is 0.240. The van der Waals surface area contributed by atoms with Gasteiger partial charge < -0.3 is 5.73 Å². The van der Waals surface area contributed by atoms with Crippen LogP contribution in [0.4, 0.5) is 0 Å². The molecule has 0 unspecified atom stereocenters. The molecular weight excluding hydrogens is 398 g/mol. The highest BCUT2D eigenvalue weighted by Gasteiger charge is 2.14. The maximum atomic E-state index is 6.09. The minimum atomic E-state index is 0.275. The van der Waals surface area contributed by atoms with E-state index in [0.717, 1.165) is 44.3 Å². The monoisotopic (exact) mass is 429 g/mol. The van der Waals surface area contributed by atoms with E-state index in [0.29, 0.717) is 5.84 Å². The maximum Gasteiger partial charge on any atom is 0.152 e. The number of pyridine rings is 1. The van der Waals surface area contributed by atoms with Gasteiger partial charge in [0, 0.05) is 36.0 Å². The van der Waals surface area contributed by atoms with E-state index in [1.807, 2.05) is 51.6 Å². The largest absolute Gasteiger partial charge is 0.382 e. The third-order valence-electron chi connectivity index (χ3n) is 5.23. The molecule has 32 heavy (non-hydrogen) atoms. The van der Waals surface area contributed by atoms with Gasteiger partial charge in [0.05, 0.1) is 11.7 Å². The normalized spacial score (nSPS) is 11.4. The molecule has 0 fully saturated rings. The van der Waals surface area contributed by atoms with Crippen LogP contribution in [0.3, 0.4) is 0 Å². The quantitative estimate of drug-likeness (QED) is 0.187. The van der Waals surface area contributed by atoms with Gasteiger partial charge in [-0.3, -0.25) is 9.67 Å². The van der Waals surface area contributed by atoms with Crippen LogP contribution in [-0.4, -0.2) is 20.6 Å². The van der Waals surface area contributed by atoms with Crippen LogP contribution >= 0.6 is 0 Å². The van der Waals surface area contributed by atoms with Crippen LogP contribution in [0.2, 0.25) is 0 Å². The zero-order chi connectivity index (χ0) is 23.3. The molecule has 166 valence electrons. The van der Waals surface area contributed by atoms with E-state index >= 15 is 0 Å².